The first-order chi connectivity index (χ1) is 8.36. The average molecular weight is 237 g/mol. The minimum absolute atomic E-state index is 0.970. The molecule has 1 aliphatic carbocycles. The van der Waals surface area contributed by atoms with Crippen molar-refractivity contribution >= 4 is 0 Å². The van der Waals surface area contributed by atoms with Crippen LogP contribution in [-0.2, 0) is 0 Å². The lowest BCUT2D eigenvalue weighted by Crippen LogP contribution is -2.35. The van der Waals surface area contributed by atoms with Crippen molar-refractivity contribution in [2.45, 2.75) is 77.7 Å². The molecule has 1 aliphatic heterocycles. The van der Waals surface area contributed by atoms with Gasteiger partial charge in [0.2, 0.25) is 0 Å². The zero-order chi connectivity index (χ0) is 12.1. The second kappa shape index (κ2) is 6.78. The van der Waals surface area contributed by atoms with Crippen LogP contribution in [0.5, 0.6) is 0 Å². The second-order valence-electron chi connectivity index (χ2n) is 6.27. The zero-order valence-electron chi connectivity index (χ0n) is 12.0. The highest BCUT2D eigenvalue weighted by Gasteiger charge is 2.41. The van der Waals surface area contributed by atoms with E-state index in [-0.39, 0.29) is 0 Å². The van der Waals surface area contributed by atoms with Crippen molar-refractivity contribution in [2.24, 2.45) is 11.8 Å². The van der Waals surface area contributed by atoms with E-state index in [0.29, 0.717) is 0 Å². The van der Waals surface area contributed by atoms with Gasteiger partial charge in [-0.15, -0.1) is 0 Å². The van der Waals surface area contributed by atoms with Gasteiger partial charge in [-0.3, -0.25) is 4.90 Å². The summed E-state index contributed by atoms with van der Waals surface area (Å²) in [5.41, 5.74) is 0. The molecular weight excluding hydrogens is 206 g/mol. The number of hydrogen-bond acceptors (Lipinski definition) is 1. The highest BCUT2D eigenvalue weighted by atomic mass is 15.2. The Morgan fingerprint density at radius 3 is 2.53 bits per heavy atom. The van der Waals surface area contributed by atoms with Crippen LogP contribution in [0, 0.1) is 11.8 Å². The summed E-state index contributed by atoms with van der Waals surface area (Å²) in [6.45, 7) is 7.46. The predicted molar refractivity (Wildman–Crippen MR) is 75.2 cm³/mol. The van der Waals surface area contributed by atoms with Gasteiger partial charge < -0.3 is 0 Å². The third-order valence-corrected chi connectivity index (χ3v) is 5.05. The van der Waals surface area contributed by atoms with Crippen LogP contribution in [0.15, 0.2) is 0 Å². The molecule has 0 radical (unpaired) electrons. The molecule has 0 aromatic heterocycles. The first-order valence-corrected chi connectivity index (χ1v) is 8.10. The van der Waals surface area contributed by atoms with Gasteiger partial charge in [0.15, 0.2) is 0 Å². The van der Waals surface area contributed by atoms with Crippen molar-refractivity contribution in [3.05, 3.63) is 0 Å². The third kappa shape index (κ3) is 3.24. The minimum atomic E-state index is 0.970. The molecule has 2 fully saturated rings. The van der Waals surface area contributed by atoms with E-state index in [9.17, 15) is 0 Å². The summed E-state index contributed by atoms with van der Waals surface area (Å²) in [4.78, 5) is 2.85. The Morgan fingerprint density at radius 1 is 1.00 bits per heavy atom. The molecule has 0 aromatic carbocycles. The van der Waals surface area contributed by atoms with Gasteiger partial charge in [0.25, 0.3) is 0 Å². The normalized spacial score (nSPS) is 33.9. The lowest BCUT2D eigenvalue weighted by Gasteiger charge is -2.32. The van der Waals surface area contributed by atoms with Crippen LogP contribution < -0.4 is 0 Å². The molecule has 1 heterocycles. The lowest BCUT2D eigenvalue weighted by molar-refractivity contribution is 0.176. The number of nitrogens with zero attached hydrogens (tertiary/aromatic N) is 1. The molecule has 0 aromatic rings. The topological polar surface area (TPSA) is 3.24 Å². The fourth-order valence-corrected chi connectivity index (χ4v) is 4.11. The van der Waals surface area contributed by atoms with Crippen LogP contribution >= 0.6 is 0 Å². The van der Waals surface area contributed by atoms with Crippen molar-refractivity contribution in [1.29, 1.82) is 0 Å². The average Bonchev–Trinajstić information content (AvgIpc) is 2.72. The van der Waals surface area contributed by atoms with E-state index in [2.05, 4.69) is 18.7 Å². The summed E-state index contributed by atoms with van der Waals surface area (Å²) in [5, 5.41) is 0. The third-order valence-electron chi connectivity index (χ3n) is 5.05. The Hall–Kier alpha value is -0.0400. The van der Waals surface area contributed by atoms with Crippen LogP contribution in [0.3, 0.4) is 0 Å². The van der Waals surface area contributed by atoms with Crippen molar-refractivity contribution < 1.29 is 0 Å². The van der Waals surface area contributed by atoms with E-state index in [1.54, 1.807) is 0 Å². The molecular formula is C16H31N. The van der Waals surface area contributed by atoms with Crippen molar-refractivity contribution in [1.82, 2.24) is 4.90 Å². The van der Waals surface area contributed by atoms with Gasteiger partial charge in [0.1, 0.15) is 0 Å². The van der Waals surface area contributed by atoms with Gasteiger partial charge in [0.05, 0.1) is 0 Å². The molecule has 1 saturated heterocycles. The molecule has 0 amide bonds. The Morgan fingerprint density at radius 2 is 1.76 bits per heavy atom. The Balaban J connectivity index is 1.91. The first kappa shape index (κ1) is 13.4. The molecule has 2 rings (SSSR count). The number of rotatable bonds is 6. The Labute approximate surface area is 108 Å². The maximum absolute atomic E-state index is 2.85. The monoisotopic (exact) mass is 237 g/mol. The molecule has 17 heavy (non-hydrogen) atoms. The smallest absolute Gasteiger partial charge is 0.0127 e. The van der Waals surface area contributed by atoms with Crippen molar-refractivity contribution in [2.75, 3.05) is 13.1 Å². The number of hydrogen-bond donors (Lipinski definition) is 0. The SMILES string of the molecule is CCCCC1CN(CCCC)C2CCCCC12. The zero-order valence-corrected chi connectivity index (χ0v) is 12.0. The molecule has 2 aliphatic rings. The largest absolute Gasteiger partial charge is 0.300 e. The van der Waals surface area contributed by atoms with Crippen LogP contribution in [0.4, 0.5) is 0 Å². The molecule has 1 heteroatoms. The minimum Gasteiger partial charge on any atom is -0.300 e. The fourth-order valence-electron chi connectivity index (χ4n) is 4.11. The molecule has 0 bridgehead atoms. The first-order valence-electron chi connectivity index (χ1n) is 8.10. The highest BCUT2D eigenvalue weighted by Crippen LogP contribution is 2.41. The van der Waals surface area contributed by atoms with Crippen LogP contribution in [0.1, 0.15) is 71.6 Å². The van der Waals surface area contributed by atoms with Gasteiger partial charge in [-0.2, -0.15) is 0 Å². The maximum atomic E-state index is 2.85. The summed E-state index contributed by atoms with van der Waals surface area (Å²) >= 11 is 0. The van der Waals surface area contributed by atoms with E-state index in [1.807, 2.05) is 0 Å². The van der Waals surface area contributed by atoms with Crippen LogP contribution in [-0.4, -0.2) is 24.0 Å². The van der Waals surface area contributed by atoms with Gasteiger partial charge in [-0.05, 0) is 44.1 Å². The second-order valence-corrected chi connectivity index (χ2v) is 6.27. The highest BCUT2D eigenvalue weighted by molar-refractivity contribution is 4.94. The lowest BCUT2D eigenvalue weighted by atomic mass is 9.78. The van der Waals surface area contributed by atoms with Gasteiger partial charge >= 0.3 is 0 Å². The summed E-state index contributed by atoms with van der Waals surface area (Å²) < 4.78 is 0. The van der Waals surface area contributed by atoms with Crippen LogP contribution in [0.25, 0.3) is 0 Å². The molecule has 100 valence electrons. The van der Waals surface area contributed by atoms with E-state index in [0.717, 1.165) is 17.9 Å². The fraction of sp³-hybridized carbons (Fsp3) is 1.00. The number of fused-ring (bicyclic) bond motifs is 1. The summed E-state index contributed by atoms with van der Waals surface area (Å²) in [7, 11) is 0. The number of likely N-dealkylation sites (tertiary alicyclic amines) is 1. The van der Waals surface area contributed by atoms with Crippen molar-refractivity contribution in [3.8, 4) is 0 Å². The van der Waals surface area contributed by atoms with Gasteiger partial charge in [-0.25, -0.2) is 0 Å². The predicted octanol–water partition coefficient (Wildman–Crippen LogP) is 4.47. The molecule has 3 atom stereocenters. The standard InChI is InChI=1S/C16H31N/c1-3-5-9-14-13-17(12-6-4-2)16-11-8-7-10-15(14)16/h14-16H,3-13H2,1-2H3. The van der Waals surface area contributed by atoms with Gasteiger partial charge in [0, 0.05) is 12.6 Å². The summed E-state index contributed by atoms with van der Waals surface area (Å²) in [6, 6.07) is 0.970. The van der Waals surface area contributed by atoms with E-state index < -0.39 is 0 Å². The van der Waals surface area contributed by atoms with E-state index >= 15 is 0 Å². The molecule has 0 N–H and O–H groups in total. The molecule has 1 nitrogen and oxygen atoms in total. The summed E-state index contributed by atoms with van der Waals surface area (Å²) in [6.07, 6.45) is 13.1. The molecule has 0 spiro atoms. The van der Waals surface area contributed by atoms with E-state index in [1.165, 1.54) is 70.9 Å². The van der Waals surface area contributed by atoms with E-state index in [4.69, 9.17) is 0 Å². The van der Waals surface area contributed by atoms with Crippen LogP contribution in [0.2, 0.25) is 0 Å². The molecule has 1 saturated carbocycles. The molecule has 3 unspecified atom stereocenters. The Bertz CT molecular complexity index is 192. The Kier molecular flexibility index (Phi) is 5.34. The number of unbranched alkanes of at least 4 members (excludes halogenated alkanes) is 2. The van der Waals surface area contributed by atoms with Crippen molar-refractivity contribution in [3.63, 3.8) is 0 Å². The maximum Gasteiger partial charge on any atom is 0.0127 e. The summed E-state index contributed by atoms with van der Waals surface area (Å²) in [5.74, 6) is 2.10. The van der Waals surface area contributed by atoms with Gasteiger partial charge in [-0.1, -0.05) is 46.0 Å². The quantitative estimate of drug-likeness (QED) is 0.659.